The van der Waals surface area contributed by atoms with E-state index in [1.165, 1.54) is 35.9 Å². The van der Waals surface area contributed by atoms with E-state index in [1.54, 1.807) is 11.3 Å². The fraction of sp³-hybridized carbons (Fsp3) is 0.750. The number of nitrogens with one attached hydrogen (secondary N) is 1. The molecule has 1 aromatic rings. The number of hydrogen-bond donors (Lipinski definition) is 1. The van der Waals surface area contributed by atoms with Crippen LogP contribution in [0.4, 0.5) is 0 Å². The van der Waals surface area contributed by atoms with Gasteiger partial charge in [0.15, 0.2) is 0 Å². The summed E-state index contributed by atoms with van der Waals surface area (Å²) in [5.41, 5.74) is 0. The van der Waals surface area contributed by atoms with Gasteiger partial charge in [-0.2, -0.15) is 0 Å². The van der Waals surface area contributed by atoms with Gasteiger partial charge >= 0.3 is 0 Å². The van der Waals surface area contributed by atoms with Gasteiger partial charge in [-0.3, -0.25) is 0 Å². The molecule has 0 aliphatic rings. The minimum atomic E-state index is 0.853. The van der Waals surface area contributed by atoms with Gasteiger partial charge in [0.1, 0.15) is 4.34 Å². The van der Waals surface area contributed by atoms with E-state index in [1.807, 2.05) is 23.3 Å². The molecule has 0 spiro atoms. The standard InChI is InChI=1S/C12H22N2S2/c1-3-11(4-2)10-13-6-5-8-15-12-14-7-9-16-12/h7,9,11,13H,3-6,8,10H2,1-2H3. The molecule has 0 aliphatic heterocycles. The average molecular weight is 258 g/mol. The molecule has 16 heavy (non-hydrogen) atoms. The van der Waals surface area contributed by atoms with E-state index in [2.05, 4.69) is 24.1 Å². The highest BCUT2D eigenvalue weighted by Crippen LogP contribution is 2.20. The normalized spacial score (nSPS) is 11.2. The first-order valence-corrected chi connectivity index (χ1v) is 7.96. The maximum atomic E-state index is 4.25. The van der Waals surface area contributed by atoms with Crippen LogP contribution >= 0.6 is 23.1 Å². The Morgan fingerprint density at radius 2 is 2.25 bits per heavy atom. The second-order valence-corrected chi connectivity index (χ2v) is 6.12. The predicted molar refractivity (Wildman–Crippen MR) is 74.4 cm³/mol. The molecule has 0 saturated carbocycles. The zero-order valence-corrected chi connectivity index (χ0v) is 11.9. The maximum absolute atomic E-state index is 4.25. The zero-order chi connectivity index (χ0) is 11.6. The van der Waals surface area contributed by atoms with Crippen molar-refractivity contribution in [2.75, 3.05) is 18.8 Å². The minimum absolute atomic E-state index is 0.853. The van der Waals surface area contributed by atoms with E-state index < -0.39 is 0 Å². The van der Waals surface area contributed by atoms with Gasteiger partial charge < -0.3 is 5.32 Å². The van der Waals surface area contributed by atoms with Gasteiger partial charge in [-0.25, -0.2) is 4.98 Å². The van der Waals surface area contributed by atoms with E-state index in [0.29, 0.717) is 0 Å². The van der Waals surface area contributed by atoms with Gasteiger partial charge in [-0.15, -0.1) is 11.3 Å². The number of nitrogens with zero attached hydrogens (tertiary/aromatic N) is 1. The monoisotopic (exact) mass is 258 g/mol. The molecule has 0 atom stereocenters. The summed E-state index contributed by atoms with van der Waals surface area (Å²) in [6.07, 6.45) is 5.68. The lowest BCUT2D eigenvalue weighted by atomic mass is 10.0. The zero-order valence-electron chi connectivity index (χ0n) is 10.2. The van der Waals surface area contributed by atoms with E-state index in [-0.39, 0.29) is 0 Å². The first-order chi connectivity index (χ1) is 7.86. The molecule has 1 aromatic heterocycles. The van der Waals surface area contributed by atoms with Gasteiger partial charge in [0.05, 0.1) is 0 Å². The van der Waals surface area contributed by atoms with Gasteiger partial charge in [0.25, 0.3) is 0 Å². The fourth-order valence-electron chi connectivity index (χ4n) is 1.52. The molecule has 2 nitrogen and oxygen atoms in total. The molecular weight excluding hydrogens is 236 g/mol. The lowest BCUT2D eigenvalue weighted by Crippen LogP contribution is -2.23. The Labute approximate surface area is 107 Å². The van der Waals surface area contributed by atoms with E-state index in [4.69, 9.17) is 0 Å². The summed E-state index contributed by atoms with van der Waals surface area (Å²) >= 11 is 3.60. The highest BCUT2D eigenvalue weighted by molar-refractivity contribution is 8.00. The van der Waals surface area contributed by atoms with Gasteiger partial charge in [-0.05, 0) is 25.4 Å². The fourth-order valence-corrected chi connectivity index (χ4v) is 3.17. The number of thiazole rings is 1. The molecule has 0 radical (unpaired) electrons. The van der Waals surface area contributed by atoms with Crippen molar-refractivity contribution < 1.29 is 0 Å². The van der Waals surface area contributed by atoms with E-state index in [9.17, 15) is 0 Å². The van der Waals surface area contributed by atoms with Crippen molar-refractivity contribution >= 4 is 23.1 Å². The van der Waals surface area contributed by atoms with Crippen molar-refractivity contribution in [3.8, 4) is 0 Å². The second-order valence-electron chi connectivity index (χ2n) is 3.89. The molecule has 0 aromatic carbocycles. The van der Waals surface area contributed by atoms with Crippen LogP contribution < -0.4 is 5.32 Å². The smallest absolute Gasteiger partial charge is 0.149 e. The van der Waals surface area contributed by atoms with E-state index in [0.717, 1.165) is 12.5 Å². The van der Waals surface area contributed by atoms with Crippen LogP contribution in [-0.4, -0.2) is 23.8 Å². The van der Waals surface area contributed by atoms with E-state index >= 15 is 0 Å². The third kappa shape index (κ3) is 5.87. The van der Waals surface area contributed by atoms with Crippen LogP contribution in [0.15, 0.2) is 15.9 Å². The Bertz CT molecular complexity index is 246. The van der Waals surface area contributed by atoms with Crippen molar-refractivity contribution in [1.29, 1.82) is 0 Å². The number of aromatic nitrogens is 1. The minimum Gasteiger partial charge on any atom is -0.316 e. The Morgan fingerprint density at radius 1 is 1.44 bits per heavy atom. The lowest BCUT2D eigenvalue weighted by molar-refractivity contribution is 0.451. The van der Waals surface area contributed by atoms with Crippen LogP contribution in [0.1, 0.15) is 33.1 Å². The maximum Gasteiger partial charge on any atom is 0.149 e. The Balaban J connectivity index is 1.92. The predicted octanol–water partition coefficient (Wildman–Crippen LogP) is 3.65. The molecule has 0 aliphatic carbocycles. The van der Waals surface area contributed by atoms with Crippen LogP contribution in [0, 0.1) is 5.92 Å². The first kappa shape index (κ1) is 14.0. The molecule has 0 saturated heterocycles. The van der Waals surface area contributed by atoms with Crippen LogP contribution in [0.25, 0.3) is 0 Å². The van der Waals surface area contributed by atoms with Crippen LogP contribution in [0.3, 0.4) is 0 Å². The molecule has 0 amide bonds. The lowest BCUT2D eigenvalue weighted by Gasteiger charge is -2.12. The molecule has 0 unspecified atom stereocenters. The number of rotatable bonds is 9. The van der Waals surface area contributed by atoms with Crippen molar-refractivity contribution in [2.24, 2.45) is 5.92 Å². The molecular formula is C12H22N2S2. The van der Waals surface area contributed by atoms with Crippen LogP contribution in [-0.2, 0) is 0 Å². The third-order valence-electron chi connectivity index (χ3n) is 2.72. The number of hydrogen-bond acceptors (Lipinski definition) is 4. The highest BCUT2D eigenvalue weighted by Gasteiger charge is 2.01. The SMILES string of the molecule is CCC(CC)CNCCCSc1nccs1. The Morgan fingerprint density at radius 3 is 2.88 bits per heavy atom. The summed E-state index contributed by atoms with van der Waals surface area (Å²) < 4.78 is 1.19. The quantitative estimate of drug-likeness (QED) is 0.540. The van der Waals surface area contributed by atoms with Crippen molar-refractivity contribution in [1.82, 2.24) is 10.3 Å². The molecule has 1 heterocycles. The molecule has 0 bridgehead atoms. The summed E-state index contributed by atoms with van der Waals surface area (Å²) in [6, 6.07) is 0. The van der Waals surface area contributed by atoms with Crippen molar-refractivity contribution in [3.63, 3.8) is 0 Å². The van der Waals surface area contributed by atoms with Gasteiger partial charge in [-0.1, -0.05) is 38.5 Å². The van der Waals surface area contributed by atoms with Crippen molar-refractivity contribution in [3.05, 3.63) is 11.6 Å². The Hall–Kier alpha value is -0.0600. The summed E-state index contributed by atoms with van der Waals surface area (Å²) in [7, 11) is 0. The first-order valence-electron chi connectivity index (χ1n) is 6.09. The highest BCUT2D eigenvalue weighted by atomic mass is 32.2. The third-order valence-corrected chi connectivity index (χ3v) is 4.77. The summed E-state index contributed by atoms with van der Waals surface area (Å²) in [4.78, 5) is 4.25. The average Bonchev–Trinajstić information content (AvgIpc) is 2.81. The second kappa shape index (κ2) is 9.02. The molecule has 1 N–H and O–H groups in total. The summed E-state index contributed by atoms with van der Waals surface area (Å²) in [6.45, 7) is 6.85. The summed E-state index contributed by atoms with van der Waals surface area (Å²) in [5.74, 6) is 2.02. The Kier molecular flexibility index (Phi) is 7.89. The molecule has 0 fully saturated rings. The molecule has 4 heteroatoms. The van der Waals surface area contributed by atoms with Gasteiger partial charge in [0, 0.05) is 17.3 Å². The van der Waals surface area contributed by atoms with Crippen LogP contribution in [0.5, 0.6) is 0 Å². The van der Waals surface area contributed by atoms with Gasteiger partial charge in [0.2, 0.25) is 0 Å². The molecule has 1 rings (SSSR count). The topological polar surface area (TPSA) is 24.9 Å². The van der Waals surface area contributed by atoms with Crippen LogP contribution in [0.2, 0.25) is 0 Å². The van der Waals surface area contributed by atoms with Crippen molar-refractivity contribution in [2.45, 2.75) is 37.4 Å². The number of thioether (sulfide) groups is 1. The molecule has 92 valence electrons. The summed E-state index contributed by atoms with van der Waals surface area (Å²) in [5, 5.41) is 5.57. The largest absolute Gasteiger partial charge is 0.316 e.